The first kappa shape index (κ1) is 28.3. The molecular weight excluding hydrogens is 552 g/mol. The van der Waals surface area contributed by atoms with Crippen LogP contribution in [-0.4, -0.2) is 72.1 Å². The van der Waals surface area contributed by atoms with Gasteiger partial charge in [0.1, 0.15) is 6.10 Å². The third kappa shape index (κ3) is 4.33. The molecule has 3 fully saturated rings. The molecule has 0 radical (unpaired) electrons. The van der Waals surface area contributed by atoms with Gasteiger partial charge in [-0.05, 0) is 74.1 Å². The Morgan fingerprint density at radius 3 is 2.60 bits per heavy atom. The molecule has 2 aromatic rings. The number of hydrogen-bond acceptors (Lipinski definition) is 7. The number of ether oxygens (including phenoxy) is 2. The van der Waals surface area contributed by atoms with Crippen molar-refractivity contribution in [3.05, 3.63) is 59.2 Å². The van der Waals surface area contributed by atoms with E-state index >= 15 is 0 Å². The van der Waals surface area contributed by atoms with Crippen molar-refractivity contribution in [2.75, 3.05) is 19.6 Å². The van der Waals surface area contributed by atoms with Gasteiger partial charge in [0, 0.05) is 31.6 Å². The summed E-state index contributed by atoms with van der Waals surface area (Å²) in [4.78, 5) is 14.6. The van der Waals surface area contributed by atoms with Gasteiger partial charge < -0.3 is 14.6 Å². The molecule has 7 rings (SSSR count). The van der Waals surface area contributed by atoms with Gasteiger partial charge in [0.25, 0.3) is 0 Å². The Hall–Kier alpha value is -2.46. The van der Waals surface area contributed by atoms with Crippen molar-refractivity contribution in [2.45, 2.75) is 94.3 Å². The molecular formula is C33H42N2O6S. The third-order valence-corrected chi connectivity index (χ3v) is 12.3. The molecule has 1 N–H and O–H groups in total. The van der Waals surface area contributed by atoms with Crippen LogP contribution in [0.15, 0.2) is 42.5 Å². The van der Waals surface area contributed by atoms with Crippen LogP contribution in [0.1, 0.15) is 69.6 Å². The van der Waals surface area contributed by atoms with Crippen molar-refractivity contribution in [2.24, 2.45) is 11.8 Å². The van der Waals surface area contributed by atoms with Crippen LogP contribution in [-0.2, 0) is 32.4 Å². The van der Waals surface area contributed by atoms with Crippen LogP contribution < -0.4 is 9.47 Å². The molecule has 2 saturated carbocycles. The lowest BCUT2D eigenvalue weighted by atomic mass is 9.48. The molecule has 0 unspecified atom stereocenters. The van der Waals surface area contributed by atoms with Crippen LogP contribution >= 0.6 is 0 Å². The Morgan fingerprint density at radius 1 is 1.14 bits per heavy atom. The summed E-state index contributed by atoms with van der Waals surface area (Å²) in [7, 11) is -3.73. The first-order chi connectivity index (χ1) is 20.0. The van der Waals surface area contributed by atoms with E-state index in [1.54, 1.807) is 4.31 Å². The highest BCUT2D eigenvalue weighted by Crippen LogP contribution is 2.66. The maximum Gasteiger partial charge on any atom is 0.308 e. The van der Waals surface area contributed by atoms with Crippen molar-refractivity contribution < 1.29 is 27.8 Å². The number of piperidine rings is 1. The molecule has 1 saturated heterocycles. The molecule has 2 aromatic carbocycles. The second-order valence-corrected chi connectivity index (χ2v) is 15.6. The summed E-state index contributed by atoms with van der Waals surface area (Å²) in [6, 6.07) is 12.6. The van der Waals surface area contributed by atoms with Gasteiger partial charge in [-0.1, -0.05) is 50.2 Å². The van der Waals surface area contributed by atoms with Gasteiger partial charge in [0.15, 0.2) is 11.5 Å². The van der Waals surface area contributed by atoms with Crippen LogP contribution in [0.4, 0.5) is 0 Å². The largest absolute Gasteiger partial charge is 0.483 e. The molecule has 3 aliphatic carbocycles. The number of esters is 1. The summed E-state index contributed by atoms with van der Waals surface area (Å²) in [6.45, 7) is 7.64. The highest BCUT2D eigenvalue weighted by atomic mass is 32.2. The van der Waals surface area contributed by atoms with Crippen molar-refractivity contribution >= 4 is 16.0 Å². The van der Waals surface area contributed by atoms with Crippen molar-refractivity contribution in [1.82, 2.24) is 9.21 Å². The molecule has 1 spiro atoms. The maximum atomic E-state index is 14.2. The summed E-state index contributed by atoms with van der Waals surface area (Å²) in [5.74, 6) is 1.14. The summed E-state index contributed by atoms with van der Waals surface area (Å²) >= 11 is 0. The fraction of sp³-hybridized carbons (Fsp3) is 0.606. The Labute approximate surface area is 249 Å². The lowest BCUT2D eigenvalue weighted by Crippen LogP contribution is -2.78. The maximum absolute atomic E-state index is 14.2. The molecule has 0 aromatic heterocycles. The smallest absolute Gasteiger partial charge is 0.308 e. The van der Waals surface area contributed by atoms with Crippen molar-refractivity contribution in [3.63, 3.8) is 0 Å². The third-order valence-electron chi connectivity index (χ3n) is 10.4. The van der Waals surface area contributed by atoms with Crippen LogP contribution in [0.3, 0.4) is 0 Å². The molecule has 8 nitrogen and oxygen atoms in total. The second kappa shape index (κ2) is 10.0. The summed E-state index contributed by atoms with van der Waals surface area (Å²) in [5.41, 5.74) is 0.948. The zero-order chi connectivity index (χ0) is 29.4. The molecule has 2 bridgehead atoms. The van der Waals surface area contributed by atoms with Crippen LogP contribution in [0.5, 0.6) is 11.5 Å². The number of carbonyl (C=O) groups excluding carboxylic acids is 1. The van der Waals surface area contributed by atoms with Crippen molar-refractivity contribution in [3.8, 4) is 11.5 Å². The van der Waals surface area contributed by atoms with Crippen LogP contribution in [0.2, 0.25) is 0 Å². The summed E-state index contributed by atoms with van der Waals surface area (Å²) < 4.78 is 42.7. The normalized spacial score (nSPS) is 31.6. The molecule has 5 aliphatic rings. The fourth-order valence-electron chi connectivity index (χ4n) is 8.66. The fourth-order valence-corrected chi connectivity index (χ4v) is 10.6. The van der Waals surface area contributed by atoms with Gasteiger partial charge in [-0.2, -0.15) is 4.31 Å². The zero-order valence-corrected chi connectivity index (χ0v) is 25.6. The molecule has 226 valence electrons. The first-order valence-electron chi connectivity index (χ1n) is 15.5. The Balaban J connectivity index is 1.35. The molecule has 2 aliphatic heterocycles. The standard InChI is InChI=1S/C33H42N2O6S/c1-21(2)18-35(42(38,39)20-24-7-5-4-6-8-24)26-13-14-33(37)28-17-25-11-12-27(40-22(3)36)30-29(25)32(33,31(26)41-30)15-16-34(28)19-23-9-10-23/h4-8,11-12,21,23,26,28,31,37H,9-10,13-20H2,1-3H3/t26-,28-,31+,32+,33-/m1/s1. The van der Waals surface area contributed by atoms with E-state index in [1.165, 1.54) is 19.8 Å². The number of sulfonamides is 1. The van der Waals surface area contributed by atoms with Gasteiger partial charge in [0.05, 0.1) is 22.8 Å². The molecule has 9 heteroatoms. The lowest BCUT2D eigenvalue weighted by Gasteiger charge is -2.64. The number of benzene rings is 2. The van der Waals surface area contributed by atoms with Crippen molar-refractivity contribution in [1.29, 1.82) is 0 Å². The van der Waals surface area contributed by atoms with E-state index in [1.807, 2.05) is 56.3 Å². The minimum absolute atomic E-state index is 0.0589. The average molecular weight is 595 g/mol. The van der Waals surface area contributed by atoms with E-state index in [4.69, 9.17) is 9.47 Å². The molecule has 5 atom stereocenters. The predicted octanol–water partition coefficient (Wildman–Crippen LogP) is 4.03. The minimum atomic E-state index is -3.73. The quantitative estimate of drug-likeness (QED) is 0.346. The first-order valence-corrected chi connectivity index (χ1v) is 17.2. The predicted molar refractivity (Wildman–Crippen MR) is 159 cm³/mol. The molecule has 42 heavy (non-hydrogen) atoms. The summed E-state index contributed by atoms with van der Waals surface area (Å²) in [5, 5.41) is 12.9. The van der Waals surface area contributed by atoms with Gasteiger partial charge in [0.2, 0.25) is 10.0 Å². The van der Waals surface area contributed by atoms with E-state index in [-0.39, 0.29) is 17.7 Å². The van der Waals surface area contributed by atoms with E-state index in [9.17, 15) is 18.3 Å². The highest BCUT2D eigenvalue weighted by Gasteiger charge is 2.74. The SMILES string of the molecule is CC(=O)Oc1ccc2c3c1O[C@H]1[C@H](N(CC(C)C)S(=O)(=O)Cc4ccccc4)CC[C@@]4(O)[C@@H](C2)N(CC2CC2)CC[C@]314. The topological polar surface area (TPSA) is 96.4 Å². The number of rotatable bonds is 9. The van der Waals surface area contributed by atoms with Crippen LogP contribution in [0.25, 0.3) is 0 Å². The second-order valence-electron chi connectivity index (χ2n) is 13.7. The van der Waals surface area contributed by atoms with E-state index in [2.05, 4.69) is 4.90 Å². The number of likely N-dealkylation sites (tertiary alicyclic amines) is 1. The van der Waals surface area contributed by atoms with Gasteiger partial charge in [-0.15, -0.1) is 0 Å². The Bertz CT molecular complexity index is 1490. The highest BCUT2D eigenvalue weighted by molar-refractivity contribution is 7.88. The van der Waals surface area contributed by atoms with E-state index in [0.717, 1.165) is 29.8 Å². The van der Waals surface area contributed by atoms with Gasteiger partial charge >= 0.3 is 5.97 Å². The number of aliphatic hydroxyl groups is 1. The van der Waals surface area contributed by atoms with Gasteiger partial charge in [-0.25, -0.2) is 8.42 Å². The Kier molecular flexibility index (Phi) is 6.77. The number of nitrogens with zero attached hydrogens (tertiary/aromatic N) is 2. The van der Waals surface area contributed by atoms with E-state index < -0.39 is 39.2 Å². The Morgan fingerprint density at radius 2 is 1.90 bits per heavy atom. The summed E-state index contributed by atoms with van der Waals surface area (Å²) in [6.07, 6.45) is 4.28. The minimum Gasteiger partial charge on any atom is -0.483 e. The number of hydrogen-bond donors (Lipinski definition) is 1. The molecule has 0 amide bonds. The average Bonchev–Trinajstić information content (AvgIpc) is 3.67. The zero-order valence-electron chi connectivity index (χ0n) is 24.8. The number of carbonyl (C=O) groups is 1. The van der Waals surface area contributed by atoms with Crippen LogP contribution in [0, 0.1) is 11.8 Å². The lowest BCUT2D eigenvalue weighted by molar-refractivity contribution is -0.196. The van der Waals surface area contributed by atoms with E-state index in [0.29, 0.717) is 49.6 Å². The van der Waals surface area contributed by atoms with Gasteiger partial charge in [-0.3, -0.25) is 9.69 Å². The molecule has 2 heterocycles. The monoisotopic (exact) mass is 594 g/mol.